The van der Waals surface area contributed by atoms with Crippen LogP contribution in [0.4, 0.5) is 0 Å². The molecule has 0 saturated carbocycles. The van der Waals surface area contributed by atoms with Crippen molar-refractivity contribution in [2.24, 2.45) is 5.92 Å². The van der Waals surface area contributed by atoms with Crippen molar-refractivity contribution in [1.82, 2.24) is 15.1 Å². The van der Waals surface area contributed by atoms with E-state index in [2.05, 4.69) is 5.32 Å². The van der Waals surface area contributed by atoms with Gasteiger partial charge in [-0.2, -0.15) is 0 Å². The molecule has 1 aliphatic heterocycles. The van der Waals surface area contributed by atoms with Crippen LogP contribution in [0.5, 0.6) is 0 Å². The number of rotatable bonds is 6. The molecule has 2 aromatic rings. The fourth-order valence-electron chi connectivity index (χ4n) is 3.51. The van der Waals surface area contributed by atoms with Gasteiger partial charge in [0.15, 0.2) is 0 Å². The van der Waals surface area contributed by atoms with Gasteiger partial charge in [-0.15, -0.1) is 0 Å². The summed E-state index contributed by atoms with van der Waals surface area (Å²) >= 11 is 5.90. The lowest BCUT2D eigenvalue weighted by Crippen LogP contribution is -2.46. The molecular weight excluding hydrogens is 378 g/mol. The lowest BCUT2D eigenvalue weighted by atomic mass is 9.96. The molecule has 1 aromatic heterocycles. The lowest BCUT2D eigenvalue weighted by molar-refractivity contribution is -0.126. The van der Waals surface area contributed by atoms with E-state index in [0.717, 1.165) is 18.6 Å². The average molecular weight is 404 g/mol. The fraction of sp³-hybridized carbons (Fsp3) is 0.429. The molecule has 2 heterocycles. The predicted molar refractivity (Wildman–Crippen MR) is 108 cm³/mol. The number of carbonyl (C=O) groups excluding carboxylic acids is 2. The van der Waals surface area contributed by atoms with Crippen LogP contribution in [0, 0.1) is 5.92 Å². The second-order valence-electron chi connectivity index (χ2n) is 7.34. The van der Waals surface area contributed by atoms with E-state index in [4.69, 9.17) is 16.0 Å². The molecule has 1 aromatic carbocycles. The number of nitrogens with one attached hydrogen (secondary N) is 1. The van der Waals surface area contributed by atoms with Gasteiger partial charge in [0.25, 0.3) is 5.91 Å². The molecule has 0 unspecified atom stereocenters. The standard InChI is InChI=1S/C21H26ClN3O3/c1-24(2)18(19-6-4-12-28-19)13-23-20(26)16-5-3-11-25(14-16)21(27)15-7-9-17(22)10-8-15/h4,6-10,12,16,18H,3,5,11,13-14H2,1-2H3,(H,23,26)/t16-,18-/m1/s1. The molecule has 0 bridgehead atoms. The Morgan fingerprint density at radius 3 is 2.68 bits per heavy atom. The topological polar surface area (TPSA) is 65.8 Å². The van der Waals surface area contributed by atoms with Gasteiger partial charge in [-0.25, -0.2) is 0 Å². The van der Waals surface area contributed by atoms with Gasteiger partial charge in [-0.1, -0.05) is 11.6 Å². The van der Waals surface area contributed by atoms with E-state index in [-0.39, 0.29) is 23.8 Å². The van der Waals surface area contributed by atoms with Gasteiger partial charge in [-0.05, 0) is 63.3 Å². The van der Waals surface area contributed by atoms with Gasteiger partial charge in [0.05, 0.1) is 18.2 Å². The Morgan fingerprint density at radius 2 is 2.04 bits per heavy atom. The van der Waals surface area contributed by atoms with Crippen molar-refractivity contribution < 1.29 is 14.0 Å². The molecule has 1 aliphatic rings. The third-order valence-corrected chi connectivity index (χ3v) is 5.39. The molecule has 2 atom stereocenters. The van der Waals surface area contributed by atoms with E-state index < -0.39 is 0 Å². The average Bonchev–Trinajstić information content (AvgIpc) is 3.22. The highest BCUT2D eigenvalue weighted by Gasteiger charge is 2.29. The molecule has 0 radical (unpaired) electrons. The van der Waals surface area contributed by atoms with Crippen LogP contribution in [0.3, 0.4) is 0 Å². The number of piperidine rings is 1. The summed E-state index contributed by atoms with van der Waals surface area (Å²) in [7, 11) is 3.90. The maximum Gasteiger partial charge on any atom is 0.253 e. The van der Waals surface area contributed by atoms with Gasteiger partial charge < -0.3 is 14.6 Å². The smallest absolute Gasteiger partial charge is 0.253 e. The zero-order chi connectivity index (χ0) is 20.1. The van der Waals surface area contributed by atoms with Gasteiger partial charge in [-0.3, -0.25) is 14.5 Å². The minimum Gasteiger partial charge on any atom is -0.468 e. The number of hydrogen-bond acceptors (Lipinski definition) is 4. The second kappa shape index (κ2) is 9.26. The molecule has 7 heteroatoms. The van der Waals surface area contributed by atoms with Gasteiger partial charge in [0.2, 0.25) is 5.91 Å². The Bertz CT molecular complexity index is 790. The number of furan rings is 1. The quantitative estimate of drug-likeness (QED) is 0.804. The Morgan fingerprint density at radius 1 is 1.29 bits per heavy atom. The zero-order valence-electron chi connectivity index (χ0n) is 16.2. The molecule has 28 heavy (non-hydrogen) atoms. The van der Waals surface area contributed by atoms with Crippen LogP contribution in [0.2, 0.25) is 5.02 Å². The molecule has 6 nitrogen and oxygen atoms in total. The Labute approximate surface area is 170 Å². The van der Waals surface area contributed by atoms with E-state index in [1.54, 1.807) is 35.4 Å². The summed E-state index contributed by atoms with van der Waals surface area (Å²) in [6.45, 7) is 1.56. The van der Waals surface area contributed by atoms with Crippen molar-refractivity contribution in [3.63, 3.8) is 0 Å². The van der Waals surface area contributed by atoms with Crippen LogP contribution >= 0.6 is 11.6 Å². The lowest BCUT2D eigenvalue weighted by Gasteiger charge is -2.32. The zero-order valence-corrected chi connectivity index (χ0v) is 17.0. The third kappa shape index (κ3) is 4.94. The Kier molecular flexibility index (Phi) is 6.75. The van der Waals surface area contributed by atoms with Crippen LogP contribution in [0.15, 0.2) is 47.1 Å². The fourth-order valence-corrected chi connectivity index (χ4v) is 3.64. The van der Waals surface area contributed by atoms with Gasteiger partial charge in [0, 0.05) is 30.2 Å². The van der Waals surface area contributed by atoms with E-state index in [1.807, 2.05) is 31.1 Å². The molecular formula is C21H26ClN3O3. The summed E-state index contributed by atoms with van der Waals surface area (Å²) in [6.07, 6.45) is 3.23. The van der Waals surface area contributed by atoms with Gasteiger partial charge >= 0.3 is 0 Å². The first-order valence-corrected chi connectivity index (χ1v) is 9.86. The van der Waals surface area contributed by atoms with Crippen LogP contribution in [-0.4, -0.2) is 55.3 Å². The summed E-state index contributed by atoms with van der Waals surface area (Å²) in [6, 6.07) is 10.6. The monoisotopic (exact) mass is 403 g/mol. The van der Waals surface area contributed by atoms with E-state index in [1.165, 1.54) is 0 Å². The first-order chi connectivity index (χ1) is 13.5. The Balaban J connectivity index is 1.58. The molecule has 1 saturated heterocycles. The maximum absolute atomic E-state index is 12.7. The molecule has 3 rings (SSSR count). The largest absolute Gasteiger partial charge is 0.468 e. The normalized spacial score (nSPS) is 18.1. The van der Waals surface area contributed by atoms with E-state index in [0.29, 0.717) is 30.2 Å². The van der Waals surface area contributed by atoms with Crippen molar-refractivity contribution in [1.29, 1.82) is 0 Å². The molecule has 1 fully saturated rings. The van der Waals surface area contributed by atoms with Crippen molar-refractivity contribution in [3.8, 4) is 0 Å². The third-order valence-electron chi connectivity index (χ3n) is 5.14. The Hall–Kier alpha value is -2.31. The number of likely N-dealkylation sites (tertiary alicyclic amines) is 1. The summed E-state index contributed by atoms with van der Waals surface area (Å²) in [5.41, 5.74) is 0.593. The molecule has 0 aliphatic carbocycles. The van der Waals surface area contributed by atoms with Crippen LogP contribution < -0.4 is 5.32 Å². The number of benzene rings is 1. The van der Waals surface area contributed by atoms with E-state index >= 15 is 0 Å². The number of nitrogens with zero attached hydrogens (tertiary/aromatic N) is 2. The highest BCUT2D eigenvalue weighted by atomic mass is 35.5. The molecule has 0 spiro atoms. The number of amides is 2. The molecule has 150 valence electrons. The number of halogens is 1. The van der Waals surface area contributed by atoms with Crippen LogP contribution in [0.1, 0.15) is 35.0 Å². The molecule has 1 N–H and O–H groups in total. The predicted octanol–water partition coefficient (Wildman–Crippen LogP) is 3.20. The highest BCUT2D eigenvalue weighted by molar-refractivity contribution is 6.30. The number of likely N-dealkylation sites (N-methyl/N-ethyl adjacent to an activating group) is 1. The first-order valence-electron chi connectivity index (χ1n) is 9.48. The van der Waals surface area contributed by atoms with Crippen LogP contribution in [-0.2, 0) is 4.79 Å². The highest BCUT2D eigenvalue weighted by Crippen LogP contribution is 2.21. The summed E-state index contributed by atoms with van der Waals surface area (Å²) in [5, 5.41) is 3.63. The number of carbonyl (C=O) groups is 2. The summed E-state index contributed by atoms with van der Waals surface area (Å²) in [5.74, 6) is 0.529. The minimum atomic E-state index is -0.204. The second-order valence-corrected chi connectivity index (χ2v) is 7.77. The van der Waals surface area contributed by atoms with Crippen molar-refractivity contribution in [2.45, 2.75) is 18.9 Å². The van der Waals surface area contributed by atoms with E-state index in [9.17, 15) is 9.59 Å². The minimum absolute atomic E-state index is 0.0213. The first kappa shape index (κ1) is 20.4. The number of hydrogen-bond donors (Lipinski definition) is 1. The maximum atomic E-state index is 12.7. The van der Waals surface area contributed by atoms with Crippen LogP contribution in [0.25, 0.3) is 0 Å². The summed E-state index contributed by atoms with van der Waals surface area (Å²) < 4.78 is 5.49. The SMILES string of the molecule is CN(C)[C@H](CNC(=O)[C@@H]1CCCN(C(=O)c2ccc(Cl)cc2)C1)c1ccco1. The van der Waals surface area contributed by atoms with Crippen molar-refractivity contribution in [3.05, 3.63) is 59.0 Å². The summed E-state index contributed by atoms with van der Waals surface area (Å²) in [4.78, 5) is 29.2. The van der Waals surface area contributed by atoms with Crippen molar-refractivity contribution >= 4 is 23.4 Å². The molecule has 2 amide bonds. The van der Waals surface area contributed by atoms with Crippen molar-refractivity contribution in [2.75, 3.05) is 33.7 Å². The van der Waals surface area contributed by atoms with Gasteiger partial charge in [0.1, 0.15) is 5.76 Å².